The molecule has 17 heavy (non-hydrogen) atoms. The third kappa shape index (κ3) is 2.43. The summed E-state index contributed by atoms with van der Waals surface area (Å²) in [5, 5.41) is 11.8. The number of nitrogens with zero attached hydrogens (tertiary/aromatic N) is 2. The molecule has 5 heteroatoms. The van der Waals surface area contributed by atoms with Gasteiger partial charge in [0.05, 0.1) is 12.3 Å². The molecule has 1 aromatic rings. The number of aryl methyl sites for hydroxylation is 2. The Morgan fingerprint density at radius 1 is 1.53 bits per heavy atom. The molecule has 0 unspecified atom stereocenters. The van der Waals surface area contributed by atoms with Gasteiger partial charge in [0, 0.05) is 7.05 Å². The standard InChI is InChI=1S/C12H20N4O/c1-8-10(11(13)14)12(16(2)15-8)17-7-9-5-3-4-6-9/h9H,3-7H2,1-2H3,(H3,13,14). The average molecular weight is 236 g/mol. The lowest BCUT2D eigenvalue weighted by molar-refractivity contribution is 0.233. The number of ether oxygens (including phenoxy) is 1. The van der Waals surface area contributed by atoms with E-state index in [1.165, 1.54) is 25.7 Å². The number of hydrogen-bond donors (Lipinski definition) is 2. The highest BCUT2D eigenvalue weighted by atomic mass is 16.5. The summed E-state index contributed by atoms with van der Waals surface area (Å²) >= 11 is 0. The van der Waals surface area contributed by atoms with Gasteiger partial charge in [0.25, 0.3) is 0 Å². The van der Waals surface area contributed by atoms with Gasteiger partial charge in [0.2, 0.25) is 5.88 Å². The van der Waals surface area contributed by atoms with Crippen molar-refractivity contribution in [3.63, 3.8) is 0 Å². The number of nitrogens with one attached hydrogen (secondary N) is 1. The van der Waals surface area contributed by atoms with Crippen LogP contribution in [0.15, 0.2) is 0 Å². The van der Waals surface area contributed by atoms with Gasteiger partial charge in [0.1, 0.15) is 11.4 Å². The van der Waals surface area contributed by atoms with Crippen molar-refractivity contribution in [1.29, 1.82) is 5.41 Å². The van der Waals surface area contributed by atoms with Crippen molar-refractivity contribution in [2.24, 2.45) is 18.7 Å². The lowest BCUT2D eigenvalue weighted by Crippen LogP contribution is -2.16. The topological polar surface area (TPSA) is 76.9 Å². The second-order valence-electron chi connectivity index (χ2n) is 4.76. The fourth-order valence-corrected chi connectivity index (χ4v) is 2.49. The Hall–Kier alpha value is -1.52. The molecule has 0 atom stereocenters. The summed E-state index contributed by atoms with van der Waals surface area (Å²) in [4.78, 5) is 0. The second kappa shape index (κ2) is 4.77. The highest BCUT2D eigenvalue weighted by molar-refractivity contribution is 5.98. The van der Waals surface area contributed by atoms with Crippen molar-refractivity contribution in [2.75, 3.05) is 6.61 Å². The smallest absolute Gasteiger partial charge is 0.223 e. The Balaban J connectivity index is 2.11. The Bertz CT molecular complexity index is 418. The summed E-state index contributed by atoms with van der Waals surface area (Å²) in [6, 6.07) is 0. The van der Waals surface area contributed by atoms with E-state index in [-0.39, 0.29) is 5.84 Å². The number of amidine groups is 1. The van der Waals surface area contributed by atoms with Crippen LogP contribution in [0.5, 0.6) is 5.88 Å². The molecule has 1 fully saturated rings. The summed E-state index contributed by atoms with van der Waals surface area (Å²) < 4.78 is 7.48. The second-order valence-corrected chi connectivity index (χ2v) is 4.76. The van der Waals surface area contributed by atoms with Crippen LogP contribution in [0.2, 0.25) is 0 Å². The van der Waals surface area contributed by atoms with E-state index in [1.807, 2.05) is 14.0 Å². The molecule has 1 saturated carbocycles. The highest BCUT2D eigenvalue weighted by Crippen LogP contribution is 2.27. The van der Waals surface area contributed by atoms with E-state index in [2.05, 4.69) is 5.10 Å². The summed E-state index contributed by atoms with van der Waals surface area (Å²) in [5.41, 5.74) is 6.94. The van der Waals surface area contributed by atoms with Gasteiger partial charge in [-0.15, -0.1) is 0 Å². The first kappa shape index (κ1) is 12.0. The van der Waals surface area contributed by atoms with Crippen LogP contribution in [0.1, 0.15) is 36.9 Å². The Labute approximate surface area is 101 Å². The van der Waals surface area contributed by atoms with E-state index in [1.54, 1.807) is 4.68 Å². The molecule has 0 radical (unpaired) electrons. The van der Waals surface area contributed by atoms with Crippen molar-refractivity contribution in [3.8, 4) is 5.88 Å². The highest BCUT2D eigenvalue weighted by Gasteiger charge is 2.20. The van der Waals surface area contributed by atoms with Crippen molar-refractivity contribution >= 4 is 5.84 Å². The van der Waals surface area contributed by atoms with Gasteiger partial charge in [-0.25, -0.2) is 4.68 Å². The van der Waals surface area contributed by atoms with Crippen LogP contribution in [0, 0.1) is 18.3 Å². The normalized spacial score (nSPS) is 16.4. The van der Waals surface area contributed by atoms with Gasteiger partial charge >= 0.3 is 0 Å². The molecule has 0 aromatic carbocycles. The van der Waals surface area contributed by atoms with Crippen molar-refractivity contribution in [1.82, 2.24) is 9.78 Å². The van der Waals surface area contributed by atoms with Crippen LogP contribution in [-0.4, -0.2) is 22.2 Å². The minimum atomic E-state index is 0.0250. The van der Waals surface area contributed by atoms with Crippen molar-refractivity contribution in [3.05, 3.63) is 11.3 Å². The maximum Gasteiger partial charge on any atom is 0.223 e. The molecule has 1 aliphatic carbocycles. The largest absolute Gasteiger partial charge is 0.477 e. The van der Waals surface area contributed by atoms with E-state index >= 15 is 0 Å². The summed E-state index contributed by atoms with van der Waals surface area (Å²) in [6.07, 6.45) is 5.09. The number of hydrogen-bond acceptors (Lipinski definition) is 3. The Morgan fingerprint density at radius 2 is 2.18 bits per heavy atom. The lowest BCUT2D eigenvalue weighted by Gasteiger charge is -2.12. The predicted octanol–water partition coefficient (Wildman–Crippen LogP) is 1.58. The minimum Gasteiger partial charge on any atom is -0.477 e. The summed E-state index contributed by atoms with van der Waals surface area (Å²) in [5.74, 6) is 1.30. The number of nitrogens with two attached hydrogens (primary N) is 1. The van der Waals surface area contributed by atoms with Crippen LogP contribution in [-0.2, 0) is 7.05 Å². The van der Waals surface area contributed by atoms with Gasteiger partial charge in [-0.2, -0.15) is 5.10 Å². The molecular weight excluding hydrogens is 216 g/mol. The molecule has 1 aromatic heterocycles. The molecule has 0 amide bonds. The molecular formula is C12H20N4O. The zero-order valence-electron chi connectivity index (χ0n) is 10.5. The summed E-state index contributed by atoms with van der Waals surface area (Å²) in [6.45, 7) is 2.55. The Morgan fingerprint density at radius 3 is 2.76 bits per heavy atom. The van der Waals surface area contributed by atoms with Crippen LogP contribution in [0.3, 0.4) is 0 Å². The zero-order valence-corrected chi connectivity index (χ0v) is 10.5. The maximum absolute atomic E-state index is 7.56. The van der Waals surface area contributed by atoms with Crippen LogP contribution < -0.4 is 10.5 Å². The SMILES string of the molecule is Cc1nn(C)c(OCC2CCCC2)c1C(=N)N. The van der Waals surface area contributed by atoms with Gasteiger partial charge in [-0.05, 0) is 25.7 Å². The molecule has 0 saturated heterocycles. The monoisotopic (exact) mass is 236 g/mol. The molecule has 0 aliphatic heterocycles. The maximum atomic E-state index is 7.56. The first-order valence-corrected chi connectivity index (χ1v) is 6.10. The summed E-state index contributed by atoms with van der Waals surface area (Å²) in [7, 11) is 1.82. The van der Waals surface area contributed by atoms with E-state index in [0.29, 0.717) is 24.0 Å². The van der Waals surface area contributed by atoms with Gasteiger partial charge < -0.3 is 10.5 Å². The predicted molar refractivity (Wildman–Crippen MR) is 66.4 cm³/mol. The lowest BCUT2D eigenvalue weighted by atomic mass is 10.1. The van der Waals surface area contributed by atoms with Gasteiger partial charge in [0.15, 0.2) is 0 Å². The van der Waals surface area contributed by atoms with E-state index in [0.717, 1.165) is 5.69 Å². The van der Waals surface area contributed by atoms with Crippen molar-refractivity contribution < 1.29 is 4.74 Å². The minimum absolute atomic E-state index is 0.0250. The number of aromatic nitrogens is 2. The Kier molecular flexibility index (Phi) is 3.36. The van der Waals surface area contributed by atoms with E-state index < -0.39 is 0 Å². The quantitative estimate of drug-likeness (QED) is 0.615. The molecule has 2 rings (SSSR count). The first-order chi connectivity index (χ1) is 8.09. The number of nitrogen functional groups attached to an aromatic ring is 1. The fourth-order valence-electron chi connectivity index (χ4n) is 2.49. The average Bonchev–Trinajstić information content (AvgIpc) is 2.83. The molecule has 1 aliphatic rings. The van der Waals surface area contributed by atoms with E-state index in [9.17, 15) is 0 Å². The van der Waals surface area contributed by atoms with Crippen LogP contribution in [0.4, 0.5) is 0 Å². The molecule has 0 bridgehead atoms. The first-order valence-electron chi connectivity index (χ1n) is 6.10. The van der Waals surface area contributed by atoms with E-state index in [4.69, 9.17) is 15.9 Å². The zero-order chi connectivity index (χ0) is 12.4. The molecule has 5 nitrogen and oxygen atoms in total. The fraction of sp³-hybridized carbons (Fsp3) is 0.667. The van der Waals surface area contributed by atoms with Crippen LogP contribution >= 0.6 is 0 Å². The molecule has 0 spiro atoms. The van der Waals surface area contributed by atoms with Crippen LogP contribution in [0.25, 0.3) is 0 Å². The molecule has 94 valence electrons. The van der Waals surface area contributed by atoms with Gasteiger partial charge in [-0.3, -0.25) is 5.41 Å². The molecule has 3 N–H and O–H groups in total. The third-order valence-electron chi connectivity index (χ3n) is 3.37. The number of rotatable bonds is 4. The third-order valence-corrected chi connectivity index (χ3v) is 3.37. The molecule has 1 heterocycles. The van der Waals surface area contributed by atoms with Gasteiger partial charge in [-0.1, -0.05) is 12.8 Å². The van der Waals surface area contributed by atoms with Crippen molar-refractivity contribution in [2.45, 2.75) is 32.6 Å².